The van der Waals surface area contributed by atoms with Crippen LogP contribution in [0.25, 0.3) is 11.3 Å². The van der Waals surface area contributed by atoms with E-state index in [0.29, 0.717) is 29.7 Å². The molecule has 0 bridgehead atoms. The Bertz CT molecular complexity index is 857. The van der Waals surface area contributed by atoms with Crippen LogP contribution in [0, 0.1) is 11.2 Å². The van der Waals surface area contributed by atoms with Crippen molar-refractivity contribution in [3.8, 4) is 17.0 Å². The van der Waals surface area contributed by atoms with Gasteiger partial charge in [0.05, 0.1) is 11.4 Å². The molecule has 0 radical (unpaired) electrons. The topological polar surface area (TPSA) is 39.2 Å². The van der Waals surface area contributed by atoms with Gasteiger partial charge < -0.3 is 4.74 Å². The van der Waals surface area contributed by atoms with Gasteiger partial charge in [0, 0.05) is 29.5 Å². The van der Waals surface area contributed by atoms with Crippen LogP contribution in [0.1, 0.15) is 48.8 Å². The molecule has 124 valence electrons. The molecule has 1 atom stereocenters. The summed E-state index contributed by atoms with van der Waals surface area (Å²) in [5.74, 6) is 0.574. The molecule has 0 N–H and O–H groups in total. The average Bonchev–Trinajstić information content (AvgIpc) is 2.84. The van der Waals surface area contributed by atoms with Crippen LogP contribution >= 0.6 is 0 Å². The number of carbonyl (C=O) groups excluding carboxylic acids is 1. The summed E-state index contributed by atoms with van der Waals surface area (Å²) in [5, 5.41) is 0. The third-order valence-electron chi connectivity index (χ3n) is 4.79. The van der Waals surface area contributed by atoms with Crippen molar-refractivity contribution in [1.82, 2.24) is 4.98 Å². The number of aromatic nitrogens is 1. The second-order valence-corrected chi connectivity index (χ2v) is 7.71. The first kappa shape index (κ1) is 15.3. The zero-order valence-corrected chi connectivity index (χ0v) is 14.1. The van der Waals surface area contributed by atoms with Crippen LogP contribution in [0.3, 0.4) is 0 Å². The summed E-state index contributed by atoms with van der Waals surface area (Å²) >= 11 is 0. The lowest BCUT2D eigenvalue weighted by Gasteiger charge is -2.29. The Balaban J connectivity index is 1.84. The maximum Gasteiger partial charge on any atom is 0.165 e. The number of nitrogens with zero attached hydrogens (tertiary/aromatic N) is 1. The minimum Gasteiger partial charge on any atom is -0.489 e. The molecule has 1 aliphatic carbocycles. The number of carbonyl (C=O) groups is 1. The molecule has 24 heavy (non-hydrogen) atoms. The Hall–Kier alpha value is -2.23. The van der Waals surface area contributed by atoms with Crippen LogP contribution in [0.15, 0.2) is 24.3 Å². The number of ether oxygens (including phenoxy) is 1. The van der Waals surface area contributed by atoms with Gasteiger partial charge in [-0.1, -0.05) is 13.8 Å². The van der Waals surface area contributed by atoms with Gasteiger partial charge in [-0.3, -0.25) is 9.78 Å². The molecule has 0 fully saturated rings. The molecule has 2 aliphatic rings. The van der Waals surface area contributed by atoms with Crippen molar-refractivity contribution in [3.05, 3.63) is 46.9 Å². The number of rotatable bonds is 1. The second kappa shape index (κ2) is 5.13. The maximum atomic E-state index is 14.0. The van der Waals surface area contributed by atoms with Crippen molar-refractivity contribution in [3.63, 3.8) is 0 Å². The summed E-state index contributed by atoms with van der Waals surface area (Å²) in [6, 6.07) is 6.64. The lowest BCUT2D eigenvalue weighted by Crippen LogP contribution is -2.27. The Morgan fingerprint density at radius 2 is 2.00 bits per heavy atom. The maximum absolute atomic E-state index is 14.0. The summed E-state index contributed by atoms with van der Waals surface area (Å²) < 4.78 is 19.9. The van der Waals surface area contributed by atoms with Gasteiger partial charge in [0.25, 0.3) is 0 Å². The molecule has 1 aliphatic heterocycles. The SMILES string of the molecule is CC1Cc2cc(F)cc(-c3ccc4c(n3)CC(C)(C)CC4=O)c2O1. The van der Waals surface area contributed by atoms with E-state index in [2.05, 4.69) is 13.8 Å². The average molecular weight is 325 g/mol. The smallest absolute Gasteiger partial charge is 0.165 e. The molecule has 1 aromatic heterocycles. The number of Topliss-reactive ketones (excluding diaryl/α,β-unsaturated/α-hetero) is 1. The minimum atomic E-state index is -0.280. The molecule has 3 nitrogen and oxygen atoms in total. The van der Waals surface area contributed by atoms with E-state index >= 15 is 0 Å². The van der Waals surface area contributed by atoms with Gasteiger partial charge in [-0.15, -0.1) is 0 Å². The predicted octanol–water partition coefficient (Wildman–Crippen LogP) is 4.37. The molecule has 2 heterocycles. The number of fused-ring (bicyclic) bond motifs is 2. The van der Waals surface area contributed by atoms with Gasteiger partial charge in [0.15, 0.2) is 5.78 Å². The van der Waals surface area contributed by atoms with Crippen molar-refractivity contribution >= 4 is 5.78 Å². The van der Waals surface area contributed by atoms with Crippen molar-refractivity contribution in [1.29, 1.82) is 0 Å². The molecular formula is C20H20FNO2. The zero-order chi connectivity index (χ0) is 17.1. The van der Waals surface area contributed by atoms with Crippen LogP contribution in [-0.2, 0) is 12.8 Å². The van der Waals surface area contributed by atoms with E-state index in [-0.39, 0.29) is 23.1 Å². The van der Waals surface area contributed by atoms with Gasteiger partial charge in [-0.25, -0.2) is 4.39 Å². The first-order chi connectivity index (χ1) is 11.3. The van der Waals surface area contributed by atoms with Gasteiger partial charge >= 0.3 is 0 Å². The molecule has 0 saturated carbocycles. The highest BCUT2D eigenvalue weighted by atomic mass is 19.1. The highest BCUT2D eigenvalue weighted by molar-refractivity contribution is 5.99. The van der Waals surface area contributed by atoms with E-state index in [1.807, 2.05) is 13.0 Å². The summed E-state index contributed by atoms with van der Waals surface area (Å²) in [6.45, 7) is 6.13. The van der Waals surface area contributed by atoms with E-state index in [0.717, 1.165) is 23.4 Å². The molecule has 2 aromatic rings. The van der Waals surface area contributed by atoms with E-state index in [1.165, 1.54) is 12.1 Å². The lowest BCUT2D eigenvalue weighted by molar-refractivity contribution is 0.0910. The predicted molar refractivity (Wildman–Crippen MR) is 89.9 cm³/mol. The van der Waals surface area contributed by atoms with Crippen molar-refractivity contribution in [2.24, 2.45) is 5.41 Å². The third kappa shape index (κ3) is 2.50. The molecular weight excluding hydrogens is 305 g/mol. The molecule has 0 saturated heterocycles. The molecule has 1 aromatic carbocycles. The molecule has 0 amide bonds. The number of halogens is 1. The largest absolute Gasteiger partial charge is 0.489 e. The molecule has 0 spiro atoms. The van der Waals surface area contributed by atoms with Crippen LogP contribution < -0.4 is 4.74 Å². The van der Waals surface area contributed by atoms with E-state index in [1.54, 1.807) is 6.07 Å². The number of pyridine rings is 1. The first-order valence-corrected chi connectivity index (χ1v) is 8.35. The fourth-order valence-electron chi connectivity index (χ4n) is 3.77. The van der Waals surface area contributed by atoms with Gasteiger partial charge in [-0.2, -0.15) is 0 Å². The number of benzene rings is 1. The van der Waals surface area contributed by atoms with Crippen LogP contribution in [0.4, 0.5) is 4.39 Å². The van der Waals surface area contributed by atoms with Crippen molar-refractivity contribution in [2.75, 3.05) is 0 Å². The molecule has 4 heteroatoms. The summed E-state index contributed by atoms with van der Waals surface area (Å²) in [6.07, 6.45) is 2.03. The fourth-order valence-corrected chi connectivity index (χ4v) is 3.77. The minimum absolute atomic E-state index is 0.0405. The normalized spacial score (nSPS) is 21.2. The van der Waals surface area contributed by atoms with E-state index < -0.39 is 0 Å². The number of ketones is 1. The summed E-state index contributed by atoms with van der Waals surface area (Å²) in [7, 11) is 0. The monoisotopic (exact) mass is 325 g/mol. The number of hydrogen-bond acceptors (Lipinski definition) is 3. The fraction of sp³-hybridized carbons (Fsp3) is 0.400. The Kier molecular flexibility index (Phi) is 3.27. The van der Waals surface area contributed by atoms with Crippen LogP contribution in [0.2, 0.25) is 0 Å². The summed E-state index contributed by atoms with van der Waals surface area (Å²) in [5.41, 5.74) is 3.63. The van der Waals surface area contributed by atoms with E-state index in [4.69, 9.17) is 9.72 Å². The van der Waals surface area contributed by atoms with Gasteiger partial charge in [0.1, 0.15) is 17.7 Å². The Morgan fingerprint density at radius 1 is 1.21 bits per heavy atom. The quantitative estimate of drug-likeness (QED) is 0.782. The second-order valence-electron chi connectivity index (χ2n) is 7.71. The van der Waals surface area contributed by atoms with Crippen LogP contribution in [-0.4, -0.2) is 16.9 Å². The van der Waals surface area contributed by atoms with Gasteiger partial charge in [-0.05, 0) is 43.0 Å². The first-order valence-electron chi connectivity index (χ1n) is 8.35. The Labute approximate surface area is 140 Å². The third-order valence-corrected chi connectivity index (χ3v) is 4.79. The molecule has 4 rings (SSSR count). The standard InChI is InChI=1S/C20H20FNO2/c1-11-6-12-7-13(21)8-15(19(12)24-11)16-5-4-14-17(22-16)9-20(2,3)10-18(14)23/h4-5,7-8,11H,6,9-10H2,1-3H3. The summed E-state index contributed by atoms with van der Waals surface area (Å²) in [4.78, 5) is 17.0. The molecule has 1 unspecified atom stereocenters. The lowest BCUT2D eigenvalue weighted by atomic mass is 9.75. The van der Waals surface area contributed by atoms with Crippen molar-refractivity contribution in [2.45, 2.75) is 46.1 Å². The number of hydrogen-bond donors (Lipinski definition) is 0. The highest BCUT2D eigenvalue weighted by Gasteiger charge is 2.32. The van der Waals surface area contributed by atoms with Crippen molar-refractivity contribution < 1.29 is 13.9 Å². The highest BCUT2D eigenvalue weighted by Crippen LogP contribution is 2.40. The zero-order valence-electron chi connectivity index (χ0n) is 14.1. The Morgan fingerprint density at radius 3 is 2.79 bits per heavy atom. The van der Waals surface area contributed by atoms with Crippen LogP contribution in [0.5, 0.6) is 5.75 Å². The van der Waals surface area contributed by atoms with E-state index in [9.17, 15) is 9.18 Å². The van der Waals surface area contributed by atoms with Gasteiger partial charge in [0.2, 0.25) is 0 Å².